The Morgan fingerprint density at radius 2 is 1.69 bits per heavy atom. The highest BCUT2D eigenvalue weighted by molar-refractivity contribution is 7.89. The van der Waals surface area contributed by atoms with Gasteiger partial charge in [0.05, 0.1) is 17.6 Å². The van der Waals surface area contributed by atoms with Gasteiger partial charge in [0.25, 0.3) is 15.9 Å². The van der Waals surface area contributed by atoms with Crippen LogP contribution in [0.5, 0.6) is 0 Å². The lowest BCUT2D eigenvalue weighted by atomic mass is 9.79. The quantitative estimate of drug-likeness (QED) is 0.551. The molecule has 0 radical (unpaired) electrons. The molecule has 2 saturated carbocycles. The van der Waals surface area contributed by atoms with Gasteiger partial charge in [-0.1, -0.05) is 38.5 Å². The Balaban J connectivity index is 1.73. The molecule has 9 heteroatoms. The lowest BCUT2D eigenvalue weighted by Gasteiger charge is -2.29. The van der Waals surface area contributed by atoms with Crippen LogP contribution in [-0.2, 0) is 28.5 Å². The van der Waals surface area contributed by atoms with Gasteiger partial charge in [-0.15, -0.1) is 0 Å². The van der Waals surface area contributed by atoms with Crippen LogP contribution in [0.3, 0.4) is 0 Å². The molecule has 2 aromatic rings. The summed E-state index contributed by atoms with van der Waals surface area (Å²) in [6.45, 7) is 2.91. The van der Waals surface area contributed by atoms with Crippen LogP contribution in [0.1, 0.15) is 79.4 Å². The minimum absolute atomic E-state index is 0.0640. The van der Waals surface area contributed by atoms with E-state index in [0.717, 1.165) is 55.9 Å². The first-order valence-electron chi connectivity index (χ1n) is 11.2. The molecule has 174 valence electrons. The fraction of sp³-hybridized carbons (Fsp3) is 0.565. The monoisotopic (exact) mass is 461 g/mol. The largest absolute Gasteiger partial charge is 0.451 e. The number of carbonyl (C=O) groups excluding carboxylic acids is 1. The number of amides is 1. The molecule has 2 aliphatic carbocycles. The van der Waals surface area contributed by atoms with E-state index < -0.39 is 26.6 Å². The highest BCUT2D eigenvalue weighted by atomic mass is 32.2. The zero-order valence-corrected chi connectivity index (χ0v) is 19.4. The first-order chi connectivity index (χ1) is 15.0. The number of nitrogens with two attached hydrogens (primary N) is 1. The fourth-order valence-corrected chi connectivity index (χ4v) is 5.10. The number of sulfonamides is 1. The predicted octanol–water partition coefficient (Wildman–Crippen LogP) is 3.49. The molecule has 0 aliphatic heterocycles. The smallest absolute Gasteiger partial charge is 0.272 e. The van der Waals surface area contributed by atoms with Gasteiger partial charge in [-0.05, 0) is 49.7 Å². The number of hydrogen-bond donors (Lipinski definition) is 3. The number of nitrogens with one attached hydrogen (secondary N) is 1. The molecule has 0 aromatic carbocycles. The van der Waals surface area contributed by atoms with Gasteiger partial charge in [-0.25, -0.2) is 13.6 Å². The minimum Gasteiger partial charge on any atom is -0.451 e. The van der Waals surface area contributed by atoms with Crippen molar-refractivity contribution in [2.75, 3.05) is 5.32 Å². The van der Waals surface area contributed by atoms with Crippen molar-refractivity contribution in [2.24, 2.45) is 17.0 Å². The first-order valence-corrected chi connectivity index (χ1v) is 12.7. The standard InChI is InChI=1S/C23H31N3O5S/c1-23(2,28)18-13-31-22(32(24,29)30)19(18)21(27)26-20-16(9-14-5-3-6-14)11-25-12-17(20)10-15-7-4-8-15/h11-15,28H,3-10H2,1-2H3,(H2,24,29,30)(H,25,26,27). The summed E-state index contributed by atoms with van der Waals surface area (Å²) in [5, 5.41) is 18.1. The van der Waals surface area contributed by atoms with Crippen LogP contribution in [0.2, 0.25) is 0 Å². The Morgan fingerprint density at radius 1 is 1.16 bits per heavy atom. The van der Waals surface area contributed by atoms with Crippen molar-refractivity contribution in [3.05, 3.63) is 40.9 Å². The number of aromatic nitrogens is 1. The van der Waals surface area contributed by atoms with E-state index >= 15 is 0 Å². The van der Waals surface area contributed by atoms with E-state index in [0.29, 0.717) is 17.5 Å². The topological polar surface area (TPSA) is 136 Å². The Hall–Kier alpha value is -2.23. The van der Waals surface area contributed by atoms with Gasteiger partial charge in [0.15, 0.2) is 0 Å². The van der Waals surface area contributed by atoms with Gasteiger partial charge < -0.3 is 14.8 Å². The van der Waals surface area contributed by atoms with Crippen molar-refractivity contribution in [2.45, 2.75) is 75.9 Å². The second-order valence-electron chi connectivity index (χ2n) is 9.70. The van der Waals surface area contributed by atoms with Gasteiger partial charge in [-0.3, -0.25) is 9.78 Å². The molecule has 4 N–H and O–H groups in total. The van der Waals surface area contributed by atoms with Crippen LogP contribution in [0.15, 0.2) is 28.2 Å². The summed E-state index contributed by atoms with van der Waals surface area (Å²) >= 11 is 0. The third-order valence-electron chi connectivity index (χ3n) is 6.71. The summed E-state index contributed by atoms with van der Waals surface area (Å²) in [7, 11) is -4.31. The average molecular weight is 462 g/mol. The summed E-state index contributed by atoms with van der Waals surface area (Å²) in [6.07, 6.45) is 13.3. The lowest BCUT2D eigenvalue weighted by molar-refractivity contribution is 0.0754. The number of aliphatic hydroxyl groups is 1. The number of nitrogens with zero attached hydrogens (tertiary/aromatic N) is 1. The van der Waals surface area contributed by atoms with Gasteiger partial charge in [0.1, 0.15) is 5.56 Å². The van der Waals surface area contributed by atoms with Crippen LogP contribution in [-0.4, -0.2) is 24.4 Å². The van der Waals surface area contributed by atoms with Crippen molar-refractivity contribution < 1.29 is 22.7 Å². The second-order valence-corrected chi connectivity index (χ2v) is 11.2. The number of anilines is 1. The summed E-state index contributed by atoms with van der Waals surface area (Å²) < 4.78 is 29.3. The molecule has 2 fully saturated rings. The third-order valence-corrected chi connectivity index (χ3v) is 7.53. The summed E-state index contributed by atoms with van der Waals surface area (Å²) in [4.78, 5) is 17.9. The Bertz CT molecular complexity index is 1070. The van der Waals surface area contributed by atoms with Crippen molar-refractivity contribution >= 4 is 21.6 Å². The predicted molar refractivity (Wildman–Crippen MR) is 120 cm³/mol. The number of primary sulfonamides is 1. The number of carbonyl (C=O) groups is 1. The molecule has 32 heavy (non-hydrogen) atoms. The van der Waals surface area contributed by atoms with E-state index in [9.17, 15) is 18.3 Å². The zero-order valence-electron chi connectivity index (χ0n) is 18.6. The molecule has 0 saturated heterocycles. The van der Waals surface area contributed by atoms with E-state index in [-0.39, 0.29) is 11.1 Å². The molecule has 1 amide bonds. The molecular weight excluding hydrogens is 430 g/mol. The molecule has 2 aliphatic rings. The molecule has 0 unspecified atom stereocenters. The number of furan rings is 1. The van der Waals surface area contributed by atoms with Crippen LogP contribution in [0, 0.1) is 11.8 Å². The Labute approximate surface area is 188 Å². The molecule has 0 atom stereocenters. The van der Waals surface area contributed by atoms with Crippen molar-refractivity contribution in [3.8, 4) is 0 Å². The summed E-state index contributed by atoms with van der Waals surface area (Å²) in [5.41, 5.74) is 0.888. The molecule has 8 nitrogen and oxygen atoms in total. The van der Waals surface area contributed by atoms with E-state index in [2.05, 4.69) is 10.3 Å². The van der Waals surface area contributed by atoms with Crippen LogP contribution < -0.4 is 10.5 Å². The summed E-state index contributed by atoms with van der Waals surface area (Å²) in [6, 6.07) is 0. The maximum Gasteiger partial charge on any atom is 0.272 e. The van der Waals surface area contributed by atoms with Crippen LogP contribution in [0.4, 0.5) is 5.69 Å². The van der Waals surface area contributed by atoms with Gasteiger partial charge >= 0.3 is 0 Å². The third kappa shape index (κ3) is 4.74. The average Bonchev–Trinajstić information content (AvgIpc) is 3.09. The highest BCUT2D eigenvalue weighted by Crippen LogP contribution is 2.37. The van der Waals surface area contributed by atoms with Gasteiger partial charge in [-0.2, -0.15) is 0 Å². The Kier molecular flexibility index (Phi) is 6.17. The second kappa shape index (κ2) is 8.61. The minimum atomic E-state index is -4.31. The van der Waals surface area contributed by atoms with Crippen molar-refractivity contribution in [3.63, 3.8) is 0 Å². The highest BCUT2D eigenvalue weighted by Gasteiger charge is 2.35. The maximum absolute atomic E-state index is 13.4. The Morgan fingerprint density at radius 3 is 2.09 bits per heavy atom. The van der Waals surface area contributed by atoms with Gasteiger partial charge in [0.2, 0.25) is 5.09 Å². The molecule has 2 heterocycles. The molecule has 4 rings (SSSR count). The zero-order chi connectivity index (χ0) is 23.1. The number of hydrogen-bond acceptors (Lipinski definition) is 6. The molecule has 0 spiro atoms. The lowest BCUT2D eigenvalue weighted by Crippen LogP contribution is -2.26. The summed E-state index contributed by atoms with van der Waals surface area (Å²) in [5.74, 6) is 0.454. The van der Waals surface area contributed by atoms with Crippen molar-refractivity contribution in [1.29, 1.82) is 0 Å². The number of rotatable bonds is 8. The van der Waals surface area contributed by atoms with E-state index in [1.807, 2.05) is 0 Å². The SMILES string of the molecule is CC(C)(O)c1coc(S(N)(=O)=O)c1C(=O)Nc1c(CC2CCC2)cncc1CC1CCC1. The van der Waals surface area contributed by atoms with Crippen LogP contribution in [0.25, 0.3) is 0 Å². The van der Waals surface area contributed by atoms with E-state index in [1.54, 1.807) is 12.4 Å². The first kappa shape index (κ1) is 22.9. The fourth-order valence-electron chi connectivity index (χ4n) is 4.43. The van der Waals surface area contributed by atoms with E-state index in [1.165, 1.54) is 26.7 Å². The van der Waals surface area contributed by atoms with Crippen LogP contribution >= 0.6 is 0 Å². The van der Waals surface area contributed by atoms with Gasteiger partial charge in [0, 0.05) is 18.0 Å². The van der Waals surface area contributed by atoms with Crippen molar-refractivity contribution in [1.82, 2.24) is 4.98 Å². The maximum atomic E-state index is 13.4. The molecule has 2 aromatic heterocycles. The normalized spacial score (nSPS) is 17.6. The number of pyridine rings is 1. The molecular formula is C23H31N3O5S. The van der Waals surface area contributed by atoms with E-state index in [4.69, 9.17) is 9.56 Å². The molecule has 0 bridgehead atoms.